The van der Waals surface area contributed by atoms with E-state index in [1.54, 1.807) is 18.4 Å². The fraction of sp³-hybridized carbons (Fsp3) is 0. The third-order valence-electron chi connectivity index (χ3n) is 2.38. The van der Waals surface area contributed by atoms with E-state index in [0.717, 1.165) is 5.56 Å². The number of nitrogens with zero attached hydrogens (tertiary/aromatic N) is 3. The molecule has 2 heterocycles. The monoisotopic (exact) mass is 257 g/mol. The van der Waals surface area contributed by atoms with Gasteiger partial charge < -0.3 is 4.42 Å². The molecule has 0 N–H and O–H groups in total. The standard InChI is InChI=1S/C13H8ClN3O/c14-13-16-11(9-5-2-1-3-6-9)15-12(17-13)10-7-4-8-18-10/h1-8H. The molecule has 0 saturated heterocycles. The molecule has 3 rings (SSSR count). The number of aromatic nitrogens is 3. The van der Waals surface area contributed by atoms with E-state index in [4.69, 9.17) is 16.0 Å². The summed E-state index contributed by atoms with van der Waals surface area (Å²) >= 11 is 5.91. The number of rotatable bonds is 2. The molecule has 0 fully saturated rings. The van der Waals surface area contributed by atoms with E-state index >= 15 is 0 Å². The molecule has 5 heteroatoms. The first-order valence-electron chi connectivity index (χ1n) is 5.34. The second-order valence-corrected chi connectivity index (χ2v) is 3.93. The zero-order chi connectivity index (χ0) is 12.4. The Morgan fingerprint density at radius 3 is 2.33 bits per heavy atom. The lowest BCUT2D eigenvalue weighted by molar-refractivity contribution is 0.577. The van der Waals surface area contributed by atoms with Crippen molar-refractivity contribution in [3.63, 3.8) is 0 Å². The molecule has 0 unspecified atom stereocenters. The van der Waals surface area contributed by atoms with Gasteiger partial charge in [-0.05, 0) is 23.7 Å². The second-order valence-electron chi connectivity index (χ2n) is 3.59. The maximum Gasteiger partial charge on any atom is 0.226 e. The van der Waals surface area contributed by atoms with Crippen LogP contribution in [0.15, 0.2) is 53.1 Å². The van der Waals surface area contributed by atoms with Crippen LogP contribution in [0.4, 0.5) is 0 Å². The summed E-state index contributed by atoms with van der Waals surface area (Å²) in [4.78, 5) is 12.5. The SMILES string of the molecule is Clc1nc(-c2ccccc2)nc(-c2ccco2)n1. The summed E-state index contributed by atoms with van der Waals surface area (Å²) < 4.78 is 5.25. The Morgan fingerprint density at radius 2 is 1.61 bits per heavy atom. The van der Waals surface area contributed by atoms with Crippen LogP contribution in [0, 0.1) is 0 Å². The molecule has 18 heavy (non-hydrogen) atoms. The smallest absolute Gasteiger partial charge is 0.226 e. The van der Waals surface area contributed by atoms with Crippen molar-refractivity contribution in [2.45, 2.75) is 0 Å². The minimum absolute atomic E-state index is 0.148. The first-order chi connectivity index (χ1) is 8.83. The van der Waals surface area contributed by atoms with Gasteiger partial charge in [-0.25, -0.2) is 4.98 Å². The molecular weight excluding hydrogens is 250 g/mol. The highest BCUT2D eigenvalue weighted by atomic mass is 35.5. The van der Waals surface area contributed by atoms with Crippen LogP contribution >= 0.6 is 11.6 Å². The van der Waals surface area contributed by atoms with Gasteiger partial charge >= 0.3 is 0 Å². The van der Waals surface area contributed by atoms with Crippen LogP contribution in [-0.2, 0) is 0 Å². The van der Waals surface area contributed by atoms with Gasteiger partial charge in [0.1, 0.15) is 0 Å². The third-order valence-corrected chi connectivity index (χ3v) is 2.55. The van der Waals surface area contributed by atoms with Crippen molar-refractivity contribution in [3.05, 3.63) is 54.0 Å². The van der Waals surface area contributed by atoms with Gasteiger partial charge in [0.2, 0.25) is 11.1 Å². The highest BCUT2D eigenvalue weighted by Crippen LogP contribution is 2.21. The number of hydrogen-bond donors (Lipinski definition) is 0. The zero-order valence-corrected chi connectivity index (χ0v) is 10.0. The van der Waals surface area contributed by atoms with Crippen LogP contribution in [0.25, 0.3) is 23.0 Å². The van der Waals surface area contributed by atoms with E-state index in [1.807, 2.05) is 30.3 Å². The van der Waals surface area contributed by atoms with E-state index in [0.29, 0.717) is 17.4 Å². The van der Waals surface area contributed by atoms with Crippen molar-refractivity contribution in [1.29, 1.82) is 0 Å². The Bertz CT molecular complexity index is 653. The maximum atomic E-state index is 5.91. The molecule has 0 bridgehead atoms. The largest absolute Gasteiger partial charge is 0.461 e. The quantitative estimate of drug-likeness (QED) is 0.706. The second kappa shape index (κ2) is 4.58. The molecule has 0 aliphatic rings. The highest BCUT2D eigenvalue weighted by Gasteiger charge is 2.10. The lowest BCUT2D eigenvalue weighted by Gasteiger charge is -2.02. The van der Waals surface area contributed by atoms with Crippen molar-refractivity contribution < 1.29 is 4.42 Å². The van der Waals surface area contributed by atoms with Gasteiger partial charge in [-0.15, -0.1) is 0 Å². The van der Waals surface area contributed by atoms with E-state index < -0.39 is 0 Å². The number of halogens is 1. The Balaban J connectivity index is 2.12. The first-order valence-corrected chi connectivity index (χ1v) is 5.71. The molecule has 4 nitrogen and oxygen atoms in total. The predicted molar refractivity (Wildman–Crippen MR) is 68.0 cm³/mol. The predicted octanol–water partition coefficient (Wildman–Crippen LogP) is 3.45. The summed E-state index contributed by atoms with van der Waals surface area (Å²) in [5, 5.41) is 0.148. The fourth-order valence-corrected chi connectivity index (χ4v) is 1.74. The van der Waals surface area contributed by atoms with Gasteiger partial charge in [0, 0.05) is 5.56 Å². The average molecular weight is 258 g/mol. The van der Waals surface area contributed by atoms with Crippen molar-refractivity contribution in [3.8, 4) is 23.0 Å². The molecule has 0 amide bonds. The summed E-state index contributed by atoms with van der Waals surface area (Å²) in [7, 11) is 0. The van der Waals surface area contributed by atoms with Crippen LogP contribution in [0.5, 0.6) is 0 Å². The van der Waals surface area contributed by atoms with E-state index in [9.17, 15) is 0 Å². The fourth-order valence-electron chi connectivity index (χ4n) is 1.58. The van der Waals surface area contributed by atoms with Crippen LogP contribution in [0.2, 0.25) is 5.28 Å². The number of furan rings is 1. The van der Waals surface area contributed by atoms with Gasteiger partial charge in [-0.1, -0.05) is 30.3 Å². The minimum atomic E-state index is 0.148. The lowest BCUT2D eigenvalue weighted by Crippen LogP contribution is -1.96. The Kier molecular flexibility index (Phi) is 2.78. The number of hydrogen-bond acceptors (Lipinski definition) is 4. The molecule has 88 valence electrons. The third kappa shape index (κ3) is 2.10. The summed E-state index contributed by atoms with van der Waals surface area (Å²) in [6.45, 7) is 0. The molecule has 0 atom stereocenters. The molecular formula is C13H8ClN3O. The Hall–Kier alpha value is -2.20. The minimum Gasteiger partial charge on any atom is -0.461 e. The van der Waals surface area contributed by atoms with Crippen LogP contribution in [-0.4, -0.2) is 15.0 Å². The van der Waals surface area contributed by atoms with E-state index in [2.05, 4.69) is 15.0 Å². The average Bonchev–Trinajstić information content (AvgIpc) is 2.93. The molecule has 0 aliphatic heterocycles. The van der Waals surface area contributed by atoms with E-state index in [1.165, 1.54) is 0 Å². The maximum absolute atomic E-state index is 5.91. The summed E-state index contributed by atoms with van der Waals surface area (Å²) in [6, 6.07) is 13.1. The summed E-state index contributed by atoms with van der Waals surface area (Å²) in [6.07, 6.45) is 1.56. The highest BCUT2D eigenvalue weighted by molar-refractivity contribution is 6.28. The molecule has 2 aromatic heterocycles. The molecule has 0 aliphatic carbocycles. The van der Waals surface area contributed by atoms with Crippen LogP contribution in [0.3, 0.4) is 0 Å². The van der Waals surface area contributed by atoms with Crippen LogP contribution in [0.1, 0.15) is 0 Å². The topological polar surface area (TPSA) is 51.8 Å². The zero-order valence-electron chi connectivity index (χ0n) is 9.25. The Morgan fingerprint density at radius 1 is 0.833 bits per heavy atom. The van der Waals surface area contributed by atoms with E-state index in [-0.39, 0.29) is 5.28 Å². The molecule has 3 aromatic rings. The van der Waals surface area contributed by atoms with Crippen molar-refractivity contribution in [2.24, 2.45) is 0 Å². The first kappa shape index (κ1) is 10.9. The van der Waals surface area contributed by atoms with Crippen LogP contribution < -0.4 is 0 Å². The summed E-state index contributed by atoms with van der Waals surface area (Å²) in [5.74, 6) is 1.53. The Labute approximate surface area is 108 Å². The molecule has 0 saturated carbocycles. The van der Waals surface area contributed by atoms with Gasteiger partial charge in [0.15, 0.2) is 11.6 Å². The van der Waals surface area contributed by atoms with Crippen molar-refractivity contribution in [1.82, 2.24) is 15.0 Å². The van der Waals surface area contributed by atoms with Gasteiger partial charge in [0.25, 0.3) is 0 Å². The number of benzene rings is 1. The van der Waals surface area contributed by atoms with Gasteiger partial charge in [-0.3, -0.25) is 0 Å². The molecule has 1 aromatic carbocycles. The molecule has 0 radical (unpaired) electrons. The van der Waals surface area contributed by atoms with Gasteiger partial charge in [0.05, 0.1) is 6.26 Å². The van der Waals surface area contributed by atoms with Crippen molar-refractivity contribution in [2.75, 3.05) is 0 Å². The normalized spacial score (nSPS) is 10.5. The summed E-state index contributed by atoms with van der Waals surface area (Å²) in [5.41, 5.74) is 0.884. The van der Waals surface area contributed by atoms with Gasteiger partial charge in [-0.2, -0.15) is 9.97 Å². The molecule has 0 spiro atoms. The lowest BCUT2D eigenvalue weighted by atomic mass is 10.2. The van der Waals surface area contributed by atoms with Crippen molar-refractivity contribution >= 4 is 11.6 Å².